The van der Waals surface area contributed by atoms with Crippen molar-refractivity contribution in [1.82, 2.24) is 9.55 Å². The predicted molar refractivity (Wildman–Crippen MR) is 367 cm³/mol. The topological polar surface area (TPSA) is 33.5 Å². The largest absolute Gasteiger partial charge is 0.509 e. The van der Waals surface area contributed by atoms with Gasteiger partial charge in [0.15, 0.2) is 0 Å². The Morgan fingerprint density at radius 1 is 0.438 bits per heavy atom. The van der Waals surface area contributed by atoms with Crippen molar-refractivity contribution < 1.29 is 25.8 Å². The van der Waals surface area contributed by atoms with Crippen LogP contribution in [0.2, 0.25) is 0 Å². The van der Waals surface area contributed by atoms with Crippen molar-refractivity contribution >= 4 is 44.6 Å². The molecule has 446 valence electrons. The van der Waals surface area contributed by atoms with Crippen molar-refractivity contribution in [3.05, 3.63) is 294 Å². The molecule has 14 rings (SSSR count). The van der Waals surface area contributed by atoms with Gasteiger partial charge in [0.25, 0.3) is 0 Å². The SMILES string of the molecule is CC(C)(C)c1ccc(C2(c3cc(Oc4[c-]c5c(cc4C(C)(C)C)c4ccccc4n5-c4cc(C(C)(C)C)ccn4)[c-]c(N4[CH-]N(c5c(-c6ccccc6)cc(C(C)(C)C)cc5-c5ccccc5)c5ccccc54)c3)c3ccccc3-c3ccccc32)cc1.[Pt]. The molecule has 0 N–H and O–H groups in total. The second-order valence-corrected chi connectivity index (χ2v) is 28.2. The number of ether oxygens (including phenoxy) is 1. The quantitative estimate of drug-likeness (QED) is 0.135. The van der Waals surface area contributed by atoms with Crippen molar-refractivity contribution in [2.24, 2.45) is 0 Å². The van der Waals surface area contributed by atoms with Gasteiger partial charge in [-0.2, -0.15) is 6.07 Å². The third kappa shape index (κ3) is 10.2. The van der Waals surface area contributed by atoms with Crippen LogP contribution in [-0.2, 0) is 48.1 Å². The minimum Gasteiger partial charge on any atom is -0.509 e. The van der Waals surface area contributed by atoms with E-state index in [-0.39, 0.29) is 42.7 Å². The summed E-state index contributed by atoms with van der Waals surface area (Å²) in [5.41, 5.74) is 21.0. The first-order valence-electron chi connectivity index (χ1n) is 31.0. The molecule has 10 aromatic carbocycles. The molecule has 6 heteroatoms. The number of hydrogen-bond acceptors (Lipinski definition) is 4. The van der Waals surface area contributed by atoms with Crippen LogP contribution in [0.5, 0.6) is 11.5 Å². The van der Waals surface area contributed by atoms with Gasteiger partial charge in [-0.25, -0.2) is 4.98 Å². The second kappa shape index (κ2) is 22.1. The summed E-state index contributed by atoms with van der Waals surface area (Å²) in [7, 11) is 0. The Hall–Kier alpha value is -8.76. The Labute approximate surface area is 541 Å². The van der Waals surface area contributed by atoms with Gasteiger partial charge in [-0.05, 0) is 120 Å². The minimum absolute atomic E-state index is 0. The molecule has 0 radical (unpaired) electrons. The molecular weight excluding hydrogens is 1260 g/mol. The summed E-state index contributed by atoms with van der Waals surface area (Å²) >= 11 is 0. The van der Waals surface area contributed by atoms with Gasteiger partial charge in [0.1, 0.15) is 5.82 Å². The van der Waals surface area contributed by atoms with E-state index in [2.05, 4.69) is 341 Å². The summed E-state index contributed by atoms with van der Waals surface area (Å²) in [6.07, 6.45) is 1.94. The standard InChI is InChI=1S/C83H75N4O.Pt/c1-79(2,3)56-39-41-57(42-40-56)83(69-34-22-19-31-63(69)64-32-20-23-35-70(64)83)60-45-61(50-62(46-60)88-76-52-75-68(51-71(76)82(10,11)12)65-33-21-24-36-72(65)87(75)77-49-58(43-44-84-77)80(4,5)6)85-53-86(74-38-26-25-37-73(74)85)78-66(54-27-15-13-16-28-54)47-59(81(7,8)9)48-67(78)55-29-17-14-18-30-55;/h13-49,51,53H,1-12H3;/q-3;. The molecule has 0 spiro atoms. The van der Waals surface area contributed by atoms with E-state index in [1.165, 1.54) is 44.5 Å². The molecule has 3 heterocycles. The molecule has 5 nitrogen and oxygen atoms in total. The van der Waals surface area contributed by atoms with Gasteiger partial charge in [0, 0.05) is 77.9 Å². The van der Waals surface area contributed by atoms with Gasteiger partial charge < -0.3 is 19.1 Å². The van der Waals surface area contributed by atoms with Crippen LogP contribution >= 0.6 is 0 Å². The molecule has 1 aliphatic carbocycles. The van der Waals surface area contributed by atoms with Gasteiger partial charge in [-0.3, -0.25) is 0 Å². The number of para-hydroxylation sites is 3. The Morgan fingerprint density at radius 3 is 1.56 bits per heavy atom. The first kappa shape index (κ1) is 59.2. The minimum atomic E-state index is -0.787. The second-order valence-electron chi connectivity index (χ2n) is 28.2. The van der Waals surface area contributed by atoms with Crippen molar-refractivity contribution in [2.45, 2.75) is 110 Å². The van der Waals surface area contributed by atoms with Crippen LogP contribution in [0.3, 0.4) is 0 Å². The maximum atomic E-state index is 7.73. The molecule has 89 heavy (non-hydrogen) atoms. The van der Waals surface area contributed by atoms with Crippen molar-refractivity contribution in [2.75, 3.05) is 9.80 Å². The molecule has 2 aromatic heterocycles. The molecule has 0 atom stereocenters. The summed E-state index contributed by atoms with van der Waals surface area (Å²) < 4.78 is 9.99. The smallest absolute Gasteiger partial charge is 0.135 e. The van der Waals surface area contributed by atoms with Crippen LogP contribution < -0.4 is 14.5 Å². The van der Waals surface area contributed by atoms with Crippen LogP contribution in [0.1, 0.15) is 128 Å². The number of anilines is 4. The molecular formula is C83H75N4OPt-3. The normalized spacial score (nSPS) is 13.8. The molecule has 0 amide bonds. The van der Waals surface area contributed by atoms with Gasteiger partial charge in [-0.15, -0.1) is 53.1 Å². The van der Waals surface area contributed by atoms with Crippen molar-refractivity contribution in [3.63, 3.8) is 0 Å². The molecule has 12 aromatic rings. The molecule has 0 bridgehead atoms. The summed E-state index contributed by atoms with van der Waals surface area (Å²) in [5, 5.41) is 2.23. The van der Waals surface area contributed by atoms with Crippen LogP contribution in [0, 0.1) is 18.8 Å². The fraction of sp³-hybridized carbons (Fsp3) is 0.205. The first-order chi connectivity index (χ1) is 42.2. The van der Waals surface area contributed by atoms with E-state index < -0.39 is 5.41 Å². The van der Waals surface area contributed by atoms with Gasteiger partial charge in [0.2, 0.25) is 0 Å². The van der Waals surface area contributed by atoms with E-state index in [0.29, 0.717) is 11.5 Å². The van der Waals surface area contributed by atoms with Gasteiger partial charge in [0.05, 0.1) is 0 Å². The summed E-state index contributed by atoms with van der Waals surface area (Å²) in [6.45, 7) is 29.6. The Balaban J connectivity index is 0.00000729. The van der Waals surface area contributed by atoms with E-state index in [1.807, 2.05) is 6.20 Å². The maximum absolute atomic E-state index is 7.73. The number of pyridine rings is 1. The maximum Gasteiger partial charge on any atom is 0.135 e. The van der Waals surface area contributed by atoms with Crippen LogP contribution in [-0.4, -0.2) is 9.55 Å². The van der Waals surface area contributed by atoms with E-state index >= 15 is 0 Å². The number of hydrogen-bond donors (Lipinski definition) is 0. The summed E-state index contributed by atoms with van der Waals surface area (Å²) in [6, 6.07) is 90.8. The molecule has 2 aliphatic rings. The van der Waals surface area contributed by atoms with E-state index in [9.17, 15) is 0 Å². The molecule has 0 fully saturated rings. The van der Waals surface area contributed by atoms with E-state index in [4.69, 9.17) is 9.72 Å². The summed E-state index contributed by atoms with van der Waals surface area (Å²) in [4.78, 5) is 9.82. The Kier molecular flexibility index (Phi) is 14.7. The third-order valence-electron chi connectivity index (χ3n) is 18.2. The monoisotopic (exact) mass is 1340 g/mol. The number of nitrogens with zero attached hydrogens (tertiary/aromatic N) is 4. The average Bonchev–Trinajstić information content (AvgIpc) is 1.60. The Bertz CT molecular complexity index is 4560. The zero-order valence-electron chi connectivity index (χ0n) is 53.0. The zero-order chi connectivity index (χ0) is 61.1. The Morgan fingerprint density at radius 2 is 0.978 bits per heavy atom. The summed E-state index contributed by atoms with van der Waals surface area (Å²) in [5.74, 6) is 2.05. The first-order valence-corrected chi connectivity index (χ1v) is 31.0. The van der Waals surface area contributed by atoms with Gasteiger partial charge in [-0.1, -0.05) is 258 Å². The molecule has 1 aliphatic heterocycles. The van der Waals surface area contributed by atoms with E-state index in [0.717, 1.165) is 83.8 Å². The molecule has 0 unspecified atom stereocenters. The van der Waals surface area contributed by atoms with Crippen LogP contribution in [0.15, 0.2) is 231 Å². The van der Waals surface area contributed by atoms with Crippen molar-refractivity contribution in [1.29, 1.82) is 0 Å². The van der Waals surface area contributed by atoms with Gasteiger partial charge >= 0.3 is 0 Å². The fourth-order valence-corrected chi connectivity index (χ4v) is 13.6. The zero-order valence-corrected chi connectivity index (χ0v) is 55.3. The van der Waals surface area contributed by atoms with E-state index in [1.54, 1.807) is 0 Å². The molecule has 0 saturated heterocycles. The van der Waals surface area contributed by atoms with Crippen LogP contribution in [0.25, 0.3) is 61.0 Å². The number of fused-ring (bicyclic) bond motifs is 7. The molecule has 0 saturated carbocycles. The fourth-order valence-electron chi connectivity index (χ4n) is 13.6. The van der Waals surface area contributed by atoms with Crippen molar-refractivity contribution in [3.8, 4) is 50.7 Å². The average molecular weight is 1340 g/mol. The predicted octanol–water partition coefficient (Wildman–Crippen LogP) is 21.9. The third-order valence-corrected chi connectivity index (χ3v) is 18.2. The number of aromatic nitrogens is 2. The number of rotatable bonds is 9. The van der Waals surface area contributed by atoms with Crippen LogP contribution in [0.4, 0.5) is 22.7 Å². The number of benzene rings is 10.